The molecule has 2 aliphatic rings. The van der Waals surface area contributed by atoms with Gasteiger partial charge in [-0.2, -0.15) is 0 Å². The molecule has 0 aromatic carbocycles. The third-order valence-corrected chi connectivity index (χ3v) is 6.38. The summed E-state index contributed by atoms with van der Waals surface area (Å²) in [6.07, 6.45) is 7.98. The molecule has 0 aromatic heterocycles. The van der Waals surface area contributed by atoms with Gasteiger partial charge in [0.15, 0.2) is 0 Å². The molecule has 112 valence electrons. The zero-order valence-corrected chi connectivity index (χ0v) is 13.0. The molecule has 0 spiro atoms. The lowest BCUT2D eigenvalue weighted by molar-refractivity contribution is 0.300. The van der Waals surface area contributed by atoms with E-state index in [1.807, 2.05) is 0 Å². The highest BCUT2D eigenvalue weighted by Gasteiger charge is 2.29. The van der Waals surface area contributed by atoms with Gasteiger partial charge in [0, 0.05) is 18.6 Å². The van der Waals surface area contributed by atoms with Crippen LogP contribution in [0.1, 0.15) is 58.8 Å². The van der Waals surface area contributed by atoms with Gasteiger partial charge >= 0.3 is 0 Å². The summed E-state index contributed by atoms with van der Waals surface area (Å²) in [6.45, 7) is 4.57. The van der Waals surface area contributed by atoms with Crippen molar-refractivity contribution < 1.29 is 8.42 Å². The summed E-state index contributed by atoms with van der Waals surface area (Å²) in [6, 6.07) is 0.726. The molecule has 0 amide bonds. The highest BCUT2D eigenvalue weighted by molar-refractivity contribution is 7.90. The quantitative estimate of drug-likeness (QED) is 0.753. The van der Waals surface area contributed by atoms with Gasteiger partial charge in [0.05, 0.1) is 5.25 Å². The number of rotatable bonds is 7. The Morgan fingerprint density at radius 1 is 1.16 bits per heavy atom. The van der Waals surface area contributed by atoms with Crippen LogP contribution in [-0.2, 0) is 10.0 Å². The van der Waals surface area contributed by atoms with Gasteiger partial charge in [-0.25, -0.2) is 13.1 Å². The zero-order valence-electron chi connectivity index (χ0n) is 12.2. The van der Waals surface area contributed by atoms with Crippen molar-refractivity contribution in [3.63, 3.8) is 0 Å². The molecule has 4 nitrogen and oxygen atoms in total. The largest absolute Gasteiger partial charge is 0.313 e. The topological polar surface area (TPSA) is 58.2 Å². The lowest BCUT2D eigenvalue weighted by Crippen LogP contribution is -2.45. The molecule has 2 N–H and O–H groups in total. The zero-order chi connectivity index (χ0) is 13.9. The van der Waals surface area contributed by atoms with Crippen molar-refractivity contribution in [3.8, 4) is 0 Å². The summed E-state index contributed by atoms with van der Waals surface area (Å²) >= 11 is 0. The lowest BCUT2D eigenvalue weighted by atomic mass is 9.85. The summed E-state index contributed by atoms with van der Waals surface area (Å²) in [4.78, 5) is 0. The fraction of sp³-hybridized carbons (Fsp3) is 1.00. The molecule has 0 heterocycles. The van der Waals surface area contributed by atoms with Crippen molar-refractivity contribution in [2.75, 3.05) is 6.54 Å². The summed E-state index contributed by atoms with van der Waals surface area (Å²) in [5.41, 5.74) is 0. The Balaban J connectivity index is 1.81. The fourth-order valence-electron chi connectivity index (χ4n) is 2.85. The molecule has 3 unspecified atom stereocenters. The Kier molecular flexibility index (Phi) is 5.26. The molecule has 0 aliphatic heterocycles. The maximum atomic E-state index is 12.3. The molecule has 2 fully saturated rings. The van der Waals surface area contributed by atoms with Gasteiger partial charge in [-0.05, 0) is 38.5 Å². The molecule has 0 saturated heterocycles. The maximum Gasteiger partial charge on any atom is 0.215 e. The van der Waals surface area contributed by atoms with Crippen LogP contribution in [-0.4, -0.2) is 32.3 Å². The second-order valence-electron chi connectivity index (χ2n) is 6.29. The highest BCUT2D eigenvalue weighted by Crippen LogP contribution is 2.27. The molecule has 0 radical (unpaired) electrons. The number of hydrogen-bond donors (Lipinski definition) is 2. The van der Waals surface area contributed by atoms with E-state index in [9.17, 15) is 8.42 Å². The van der Waals surface area contributed by atoms with Crippen LogP contribution in [0.25, 0.3) is 0 Å². The number of sulfonamides is 1. The van der Waals surface area contributed by atoms with E-state index in [1.165, 1.54) is 19.3 Å². The van der Waals surface area contributed by atoms with Crippen LogP contribution < -0.4 is 10.0 Å². The number of hydrogen-bond acceptors (Lipinski definition) is 3. The van der Waals surface area contributed by atoms with Gasteiger partial charge in [-0.3, -0.25) is 0 Å². The molecular weight excluding hydrogens is 260 g/mol. The molecule has 2 aliphatic carbocycles. The Bertz CT molecular complexity index is 379. The van der Waals surface area contributed by atoms with Crippen molar-refractivity contribution in [2.24, 2.45) is 5.92 Å². The molecule has 2 saturated carbocycles. The molecule has 5 heteroatoms. The van der Waals surface area contributed by atoms with Gasteiger partial charge in [-0.15, -0.1) is 0 Å². The summed E-state index contributed by atoms with van der Waals surface area (Å²) in [7, 11) is -3.17. The predicted molar refractivity (Wildman–Crippen MR) is 78.6 cm³/mol. The van der Waals surface area contributed by atoms with Gasteiger partial charge < -0.3 is 5.32 Å². The predicted octanol–water partition coefficient (Wildman–Crippen LogP) is 2.02. The fourth-order valence-corrected chi connectivity index (χ4v) is 4.07. The second-order valence-corrected chi connectivity index (χ2v) is 8.42. The Morgan fingerprint density at radius 2 is 1.89 bits per heavy atom. The first kappa shape index (κ1) is 15.3. The average Bonchev–Trinajstić information content (AvgIpc) is 3.19. The third kappa shape index (κ3) is 4.72. The van der Waals surface area contributed by atoms with Crippen molar-refractivity contribution in [2.45, 2.75) is 76.1 Å². The van der Waals surface area contributed by atoms with E-state index in [1.54, 1.807) is 6.92 Å². The summed E-state index contributed by atoms with van der Waals surface area (Å²) in [5, 5.41) is 2.96. The first-order valence-corrected chi connectivity index (χ1v) is 9.30. The van der Waals surface area contributed by atoms with E-state index >= 15 is 0 Å². The van der Waals surface area contributed by atoms with Crippen LogP contribution >= 0.6 is 0 Å². The smallest absolute Gasteiger partial charge is 0.215 e. The normalized spacial score (nSPS) is 30.2. The first-order valence-electron chi connectivity index (χ1n) is 7.75. The Labute approximate surface area is 117 Å². The average molecular weight is 288 g/mol. The first-order chi connectivity index (χ1) is 9.01. The minimum absolute atomic E-state index is 0.159. The number of nitrogens with one attached hydrogen (secondary N) is 2. The van der Waals surface area contributed by atoms with Crippen molar-refractivity contribution in [1.29, 1.82) is 0 Å². The van der Waals surface area contributed by atoms with Gasteiger partial charge in [-0.1, -0.05) is 26.2 Å². The van der Waals surface area contributed by atoms with Crippen molar-refractivity contribution >= 4 is 10.0 Å². The Hall–Kier alpha value is -0.130. The van der Waals surface area contributed by atoms with Crippen LogP contribution in [0, 0.1) is 5.92 Å². The van der Waals surface area contributed by atoms with Gasteiger partial charge in [0.25, 0.3) is 0 Å². The molecule has 2 rings (SSSR count). The van der Waals surface area contributed by atoms with Gasteiger partial charge in [0.2, 0.25) is 10.0 Å². The van der Waals surface area contributed by atoms with E-state index in [0.717, 1.165) is 25.7 Å². The summed E-state index contributed by atoms with van der Waals surface area (Å²) in [5.74, 6) is 0.696. The summed E-state index contributed by atoms with van der Waals surface area (Å²) < 4.78 is 27.5. The van der Waals surface area contributed by atoms with Crippen molar-refractivity contribution in [3.05, 3.63) is 0 Å². The molecule has 0 bridgehead atoms. The molecular formula is C14H28N2O2S. The maximum absolute atomic E-state index is 12.3. The molecule has 3 atom stereocenters. The van der Waals surface area contributed by atoms with Crippen LogP contribution in [0.3, 0.4) is 0 Å². The second kappa shape index (κ2) is 6.55. The minimum atomic E-state index is -3.17. The van der Waals surface area contributed by atoms with Crippen LogP contribution in [0.2, 0.25) is 0 Å². The van der Waals surface area contributed by atoms with E-state index in [-0.39, 0.29) is 11.3 Å². The van der Waals surface area contributed by atoms with E-state index < -0.39 is 10.0 Å². The lowest BCUT2D eigenvalue weighted by Gasteiger charge is -2.30. The third-order valence-electron chi connectivity index (χ3n) is 4.49. The standard InChI is InChI=1S/C14H28N2O2S/c1-3-12-5-4-6-14(9-12)16-19(17,18)11(2)10-15-13-7-8-13/h11-16H,3-10H2,1-2H3. The van der Waals surface area contributed by atoms with Crippen LogP contribution in [0.4, 0.5) is 0 Å². The molecule has 19 heavy (non-hydrogen) atoms. The van der Waals surface area contributed by atoms with Crippen molar-refractivity contribution in [1.82, 2.24) is 10.0 Å². The van der Waals surface area contributed by atoms with E-state index in [2.05, 4.69) is 17.0 Å². The monoisotopic (exact) mass is 288 g/mol. The molecule has 0 aromatic rings. The SMILES string of the molecule is CCC1CCCC(NS(=O)(=O)C(C)CNC2CC2)C1. The van der Waals surface area contributed by atoms with Crippen LogP contribution in [0.5, 0.6) is 0 Å². The van der Waals surface area contributed by atoms with Gasteiger partial charge in [0.1, 0.15) is 0 Å². The van der Waals surface area contributed by atoms with E-state index in [4.69, 9.17) is 0 Å². The highest BCUT2D eigenvalue weighted by atomic mass is 32.2. The van der Waals surface area contributed by atoms with Crippen LogP contribution in [0.15, 0.2) is 0 Å². The Morgan fingerprint density at radius 3 is 2.53 bits per heavy atom. The minimum Gasteiger partial charge on any atom is -0.313 e. The van der Waals surface area contributed by atoms with E-state index in [0.29, 0.717) is 18.5 Å².